The number of carbonyl (C=O) groups is 1. The largest absolute Gasteiger partial charge is 0.496 e. The SMILES string of the molecule is C=C(NC(=O)c1ccc(C(C)(C)C)cc1)Nc1ccc(CC(=N)c2ccccc2Cl)c(OC)c1. The molecule has 0 radical (unpaired) electrons. The lowest BCUT2D eigenvalue weighted by Crippen LogP contribution is -2.26. The maximum atomic E-state index is 12.6. The summed E-state index contributed by atoms with van der Waals surface area (Å²) in [4.78, 5) is 12.6. The molecular weight excluding hydrogens is 446 g/mol. The van der Waals surface area contributed by atoms with E-state index < -0.39 is 0 Å². The van der Waals surface area contributed by atoms with Gasteiger partial charge < -0.3 is 20.8 Å². The number of rotatable bonds is 8. The molecule has 3 rings (SSSR count). The first kappa shape index (κ1) is 25.1. The molecule has 3 N–H and O–H groups in total. The molecule has 3 aromatic rings. The van der Waals surface area contributed by atoms with E-state index in [2.05, 4.69) is 38.0 Å². The van der Waals surface area contributed by atoms with Crippen LogP contribution in [-0.4, -0.2) is 18.7 Å². The third-order valence-corrected chi connectivity index (χ3v) is 5.76. The van der Waals surface area contributed by atoms with Crippen LogP contribution in [0.5, 0.6) is 5.75 Å². The second-order valence-electron chi connectivity index (χ2n) is 9.05. The molecular formula is C28H30ClN3O2. The molecule has 0 fully saturated rings. The van der Waals surface area contributed by atoms with E-state index in [1.807, 2.05) is 60.7 Å². The fraction of sp³-hybridized carbons (Fsp3) is 0.214. The Bertz CT molecular complexity index is 1210. The first-order chi connectivity index (χ1) is 16.1. The Balaban J connectivity index is 1.65. The van der Waals surface area contributed by atoms with Gasteiger partial charge in [0.05, 0.1) is 7.11 Å². The van der Waals surface area contributed by atoms with E-state index in [0.717, 1.165) is 11.1 Å². The first-order valence-corrected chi connectivity index (χ1v) is 11.3. The van der Waals surface area contributed by atoms with Crippen LogP contribution in [0, 0.1) is 5.41 Å². The predicted octanol–water partition coefficient (Wildman–Crippen LogP) is 6.57. The van der Waals surface area contributed by atoms with Crippen LogP contribution in [0.15, 0.2) is 79.1 Å². The minimum Gasteiger partial charge on any atom is -0.496 e. The van der Waals surface area contributed by atoms with Gasteiger partial charge in [-0.2, -0.15) is 0 Å². The topological polar surface area (TPSA) is 74.2 Å². The summed E-state index contributed by atoms with van der Waals surface area (Å²) in [5.74, 6) is 0.733. The summed E-state index contributed by atoms with van der Waals surface area (Å²) in [5.41, 5.74) is 4.40. The van der Waals surface area contributed by atoms with Crippen LogP contribution in [0.2, 0.25) is 5.02 Å². The normalized spacial score (nSPS) is 11.0. The molecule has 0 aliphatic carbocycles. The van der Waals surface area contributed by atoms with Crippen molar-refractivity contribution < 1.29 is 9.53 Å². The zero-order valence-electron chi connectivity index (χ0n) is 20.0. The molecule has 0 saturated heterocycles. The summed E-state index contributed by atoms with van der Waals surface area (Å²) in [5, 5.41) is 14.9. The third kappa shape index (κ3) is 6.27. The average molecular weight is 476 g/mol. The van der Waals surface area contributed by atoms with Gasteiger partial charge in [0.15, 0.2) is 0 Å². The molecule has 0 aliphatic heterocycles. The van der Waals surface area contributed by atoms with Crippen LogP contribution >= 0.6 is 11.6 Å². The van der Waals surface area contributed by atoms with Gasteiger partial charge in [0.1, 0.15) is 11.6 Å². The molecule has 0 unspecified atom stereocenters. The van der Waals surface area contributed by atoms with E-state index in [-0.39, 0.29) is 11.3 Å². The van der Waals surface area contributed by atoms with Crippen LogP contribution < -0.4 is 15.4 Å². The van der Waals surface area contributed by atoms with E-state index in [1.165, 1.54) is 0 Å². The van der Waals surface area contributed by atoms with Gasteiger partial charge in [-0.3, -0.25) is 4.79 Å². The van der Waals surface area contributed by atoms with E-state index in [4.69, 9.17) is 21.7 Å². The summed E-state index contributed by atoms with van der Waals surface area (Å²) in [6.07, 6.45) is 0.370. The van der Waals surface area contributed by atoms with Gasteiger partial charge in [-0.05, 0) is 35.2 Å². The smallest absolute Gasteiger partial charge is 0.256 e. The summed E-state index contributed by atoms with van der Waals surface area (Å²) in [6.45, 7) is 10.3. The second kappa shape index (κ2) is 10.6. The van der Waals surface area contributed by atoms with Crippen LogP contribution in [0.25, 0.3) is 0 Å². The van der Waals surface area contributed by atoms with Crippen LogP contribution in [0.3, 0.4) is 0 Å². The van der Waals surface area contributed by atoms with Crippen molar-refractivity contribution >= 4 is 28.9 Å². The Morgan fingerprint density at radius 3 is 2.35 bits per heavy atom. The summed E-state index contributed by atoms with van der Waals surface area (Å²) >= 11 is 6.23. The Morgan fingerprint density at radius 2 is 1.74 bits per heavy atom. The molecule has 0 saturated carbocycles. The number of ether oxygens (including phenoxy) is 1. The third-order valence-electron chi connectivity index (χ3n) is 5.43. The standard InChI is InChI=1S/C28H30ClN3O2/c1-18(32-27(33)19-10-13-21(14-11-19)28(2,3)4)31-22-15-12-20(26(17-22)34-5)16-25(30)23-8-6-7-9-24(23)29/h6-15,17,30-31H,1,16H2,2-5H3,(H,32,33). The van der Waals surface area contributed by atoms with E-state index in [9.17, 15) is 4.79 Å². The van der Waals surface area contributed by atoms with Crippen molar-refractivity contribution in [1.82, 2.24) is 5.32 Å². The van der Waals surface area contributed by atoms with Gasteiger partial charge in [0, 0.05) is 45.6 Å². The highest BCUT2D eigenvalue weighted by Gasteiger charge is 2.15. The molecule has 0 heterocycles. The molecule has 0 spiro atoms. The van der Waals surface area contributed by atoms with Crippen LogP contribution in [0.1, 0.15) is 47.8 Å². The van der Waals surface area contributed by atoms with Crippen molar-refractivity contribution in [3.8, 4) is 5.75 Å². The van der Waals surface area contributed by atoms with Crippen molar-refractivity contribution in [2.45, 2.75) is 32.6 Å². The van der Waals surface area contributed by atoms with Gasteiger partial charge in [0.25, 0.3) is 5.91 Å². The van der Waals surface area contributed by atoms with E-state index >= 15 is 0 Å². The highest BCUT2D eigenvalue weighted by molar-refractivity contribution is 6.34. The number of amides is 1. The number of hydrogen-bond donors (Lipinski definition) is 3. The van der Waals surface area contributed by atoms with Crippen LogP contribution in [-0.2, 0) is 11.8 Å². The summed E-state index contributed by atoms with van der Waals surface area (Å²) in [6, 6.07) is 20.4. The second-order valence-corrected chi connectivity index (χ2v) is 9.45. The molecule has 176 valence electrons. The van der Waals surface area contributed by atoms with E-state index in [1.54, 1.807) is 13.2 Å². The number of carbonyl (C=O) groups excluding carboxylic acids is 1. The number of benzene rings is 3. The van der Waals surface area contributed by atoms with Gasteiger partial charge in [-0.25, -0.2) is 0 Å². The van der Waals surface area contributed by atoms with Crippen molar-refractivity contribution in [3.05, 3.63) is 106 Å². The van der Waals surface area contributed by atoms with Gasteiger partial charge >= 0.3 is 0 Å². The monoisotopic (exact) mass is 475 g/mol. The summed E-state index contributed by atoms with van der Waals surface area (Å²) < 4.78 is 5.54. The Labute approximate surface area is 206 Å². The van der Waals surface area contributed by atoms with Gasteiger partial charge in [-0.1, -0.05) is 75.3 Å². The molecule has 34 heavy (non-hydrogen) atoms. The van der Waals surface area contributed by atoms with E-state index in [0.29, 0.717) is 45.5 Å². The zero-order valence-corrected chi connectivity index (χ0v) is 20.7. The minimum absolute atomic E-state index is 0.0250. The fourth-order valence-electron chi connectivity index (χ4n) is 3.50. The Morgan fingerprint density at radius 1 is 1.06 bits per heavy atom. The van der Waals surface area contributed by atoms with Crippen molar-refractivity contribution in [1.29, 1.82) is 5.41 Å². The van der Waals surface area contributed by atoms with Gasteiger partial charge in [-0.15, -0.1) is 0 Å². The quantitative estimate of drug-likeness (QED) is 0.322. The number of halogens is 1. The fourth-order valence-corrected chi connectivity index (χ4v) is 3.75. The molecule has 0 aromatic heterocycles. The molecule has 0 atom stereocenters. The molecule has 6 heteroatoms. The zero-order chi connectivity index (χ0) is 24.9. The number of methoxy groups -OCH3 is 1. The molecule has 5 nitrogen and oxygen atoms in total. The lowest BCUT2D eigenvalue weighted by Gasteiger charge is -2.19. The molecule has 3 aromatic carbocycles. The number of hydrogen-bond acceptors (Lipinski definition) is 4. The Kier molecular flexibility index (Phi) is 7.79. The van der Waals surface area contributed by atoms with Crippen LogP contribution in [0.4, 0.5) is 5.69 Å². The number of nitrogens with one attached hydrogen (secondary N) is 3. The minimum atomic E-state index is -0.241. The highest BCUT2D eigenvalue weighted by Crippen LogP contribution is 2.27. The lowest BCUT2D eigenvalue weighted by atomic mass is 9.87. The summed E-state index contributed by atoms with van der Waals surface area (Å²) in [7, 11) is 1.58. The molecule has 1 amide bonds. The first-order valence-electron chi connectivity index (χ1n) is 11.0. The molecule has 0 bridgehead atoms. The van der Waals surface area contributed by atoms with Gasteiger partial charge in [0.2, 0.25) is 0 Å². The average Bonchev–Trinajstić information content (AvgIpc) is 2.79. The van der Waals surface area contributed by atoms with Crippen molar-refractivity contribution in [3.63, 3.8) is 0 Å². The maximum absolute atomic E-state index is 12.6. The number of anilines is 1. The highest BCUT2D eigenvalue weighted by atomic mass is 35.5. The molecule has 0 aliphatic rings. The Hall–Kier alpha value is -3.57. The predicted molar refractivity (Wildman–Crippen MR) is 140 cm³/mol. The maximum Gasteiger partial charge on any atom is 0.256 e. The van der Waals surface area contributed by atoms with Crippen molar-refractivity contribution in [2.24, 2.45) is 0 Å². The van der Waals surface area contributed by atoms with Crippen molar-refractivity contribution in [2.75, 3.05) is 12.4 Å². The lowest BCUT2D eigenvalue weighted by molar-refractivity contribution is 0.0966.